The van der Waals surface area contributed by atoms with Gasteiger partial charge in [0.05, 0.1) is 17.0 Å². The molecule has 0 aliphatic carbocycles. The summed E-state index contributed by atoms with van der Waals surface area (Å²) in [5.41, 5.74) is 13.7. The van der Waals surface area contributed by atoms with Gasteiger partial charge >= 0.3 is 0 Å². The number of fused-ring (bicyclic) bond motifs is 1. The zero-order valence-electron chi connectivity index (χ0n) is 17.8. The van der Waals surface area contributed by atoms with E-state index in [2.05, 4.69) is 10.3 Å². The first-order valence-corrected chi connectivity index (χ1v) is 10.2. The molecule has 3 heterocycles. The van der Waals surface area contributed by atoms with Crippen molar-refractivity contribution in [1.82, 2.24) is 15.3 Å². The Morgan fingerprint density at radius 1 is 0.875 bits per heavy atom. The van der Waals surface area contributed by atoms with E-state index in [1.165, 1.54) is 0 Å². The predicted octanol–water partition coefficient (Wildman–Crippen LogP) is 5.83. The van der Waals surface area contributed by atoms with E-state index in [1.807, 2.05) is 80.6 Å². The topological polar surface area (TPSA) is 91.0 Å². The molecule has 0 fully saturated rings. The number of nitrogens with zero attached hydrogens (tertiary/aromatic N) is 3. The summed E-state index contributed by atoms with van der Waals surface area (Å²) in [5, 5.41) is 9.33. The zero-order valence-corrected chi connectivity index (χ0v) is 18.6. The molecule has 0 aliphatic heterocycles. The van der Waals surface area contributed by atoms with Crippen molar-refractivity contribution in [2.24, 2.45) is 5.73 Å². The number of aromatic nitrogens is 3. The van der Waals surface area contributed by atoms with E-state index in [0.717, 1.165) is 56.2 Å². The van der Waals surface area contributed by atoms with Crippen molar-refractivity contribution in [3.05, 3.63) is 89.4 Å². The van der Waals surface area contributed by atoms with Gasteiger partial charge in [0.1, 0.15) is 11.5 Å². The molecule has 5 aromatic rings. The minimum atomic E-state index is -0.251. The lowest BCUT2D eigenvalue weighted by Gasteiger charge is -2.16. The highest BCUT2D eigenvalue weighted by atomic mass is 35.5. The third-order valence-corrected chi connectivity index (χ3v) is 5.52. The highest BCUT2D eigenvalue weighted by molar-refractivity contribution is 5.92. The van der Waals surface area contributed by atoms with Gasteiger partial charge in [-0.1, -0.05) is 52.8 Å². The van der Waals surface area contributed by atoms with Crippen LogP contribution in [0.3, 0.4) is 0 Å². The monoisotopic (exact) mass is 446 g/mol. The minimum absolute atomic E-state index is 0. The zero-order chi connectivity index (χ0) is 21.4. The maximum absolute atomic E-state index is 6.68. The van der Waals surface area contributed by atoms with Gasteiger partial charge in [-0.15, -0.1) is 12.4 Å². The minimum Gasteiger partial charge on any atom is -0.361 e. The molecule has 0 spiro atoms. The molecule has 0 amide bonds. The second-order valence-electron chi connectivity index (χ2n) is 7.64. The van der Waals surface area contributed by atoms with Gasteiger partial charge in [0, 0.05) is 29.1 Å². The number of pyridine rings is 1. The van der Waals surface area contributed by atoms with Crippen LogP contribution in [0, 0.1) is 13.8 Å². The van der Waals surface area contributed by atoms with Gasteiger partial charge < -0.3 is 14.8 Å². The van der Waals surface area contributed by atoms with Crippen molar-refractivity contribution in [1.29, 1.82) is 0 Å². The summed E-state index contributed by atoms with van der Waals surface area (Å²) in [7, 11) is 0. The maximum atomic E-state index is 6.68. The fourth-order valence-corrected chi connectivity index (χ4v) is 4.03. The van der Waals surface area contributed by atoms with E-state index in [-0.39, 0.29) is 18.4 Å². The van der Waals surface area contributed by atoms with Crippen molar-refractivity contribution in [3.8, 4) is 22.5 Å². The molecule has 2 aromatic carbocycles. The SMILES string of the molecule is Cc1noc(C)c1-c1cccc(CC(N)c2ccccc2-c2noc3ccccc23)n1.Cl. The molecule has 7 heteroatoms. The Morgan fingerprint density at radius 2 is 1.66 bits per heavy atom. The van der Waals surface area contributed by atoms with Gasteiger partial charge in [0.15, 0.2) is 5.58 Å². The Hall–Kier alpha value is -3.48. The number of hydrogen-bond acceptors (Lipinski definition) is 6. The molecular formula is C25H23ClN4O2. The van der Waals surface area contributed by atoms with Gasteiger partial charge in [-0.25, -0.2) is 0 Å². The molecular weight excluding hydrogens is 424 g/mol. The van der Waals surface area contributed by atoms with Crippen molar-refractivity contribution in [3.63, 3.8) is 0 Å². The van der Waals surface area contributed by atoms with Crippen LogP contribution in [-0.2, 0) is 6.42 Å². The molecule has 1 unspecified atom stereocenters. The Balaban J connectivity index is 0.00000245. The van der Waals surface area contributed by atoms with E-state index in [1.54, 1.807) is 0 Å². The molecule has 0 saturated carbocycles. The molecule has 0 radical (unpaired) electrons. The van der Waals surface area contributed by atoms with Crippen molar-refractivity contribution in [2.75, 3.05) is 0 Å². The number of halogens is 1. The molecule has 32 heavy (non-hydrogen) atoms. The van der Waals surface area contributed by atoms with E-state index in [4.69, 9.17) is 19.8 Å². The lowest BCUT2D eigenvalue weighted by atomic mass is 9.94. The molecule has 1 atom stereocenters. The molecule has 3 aromatic heterocycles. The first kappa shape index (κ1) is 21.7. The summed E-state index contributed by atoms with van der Waals surface area (Å²) in [4.78, 5) is 4.83. The van der Waals surface area contributed by atoms with Gasteiger partial charge in [0.2, 0.25) is 0 Å². The largest absolute Gasteiger partial charge is 0.361 e. The van der Waals surface area contributed by atoms with E-state index < -0.39 is 0 Å². The van der Waals surface area contributed by atoms with Crippen LogP contribution < -0.4 is 5.73 Å². The van der Waals surface area contributed by atoms with Crippen molar-refractivity contribution < 1.29 is 9.05 Å². The highest BCUT2D eigenvalue weighted by Gasteiger charge is 2.19. The van der Waals surface area contributed by atoms with E-state index in [0.29, 0.717) is 6.42 Å². The van der Waals surface area contributed by atoms with Gasteiger partial charge in [-0.05, 0) is 43.7 Å². The highest BCUT2D eigenvalue weighted by Crippen LogP contribution is 2.33. The van der Waals surface area contributed by atoms with Gasteiger partial charge in [-0.2, -0.15) is 0 Å². The quantitative estimate of drug-likeness (QED) is 0.365. The van der Waals surface area contributed by atoms with Crippen LogP contribution in [0.2, 0.25) is 0 Å². The number of aryl methyl sites for hydroxylation is 2. The second kappa shape index (κ2) is 8.94. The van der Waals surface area contributed by atoms with Crippen LogP contribution >= 0.6 is 12.4 Å². The first-order valence-electron chi connectivity index (χ1n) is 10.2. The smallest absolute Gasteiger partial charge is 0.167 e. The molecule has 0 bridgehead atoms. The number of rotatable bonds is 5. The van der Waals surface area contributed by atoms with Crippen LogP contribution in [0.4, 0.5) is 0 Å². The third kappa shape index (κ3) is 3.90. The standard InChI is InChI=1S/C25H22N4O2.ClH/c1-15-24(16(2)30-28-15)22-12-7-8-17(27-22)14-21(26)18-9-3-4-10-19(18)25-20-11-5-6-13-23(20)31-29-25;/h3-13,21H,14,26H2,1-2H3;1H. The van der Waals surface area contributed by atoms with Crippen molar-refractivity contribution in [2.45, 2.75) is 26.3 Å². The number of benzene rings is 2. The summed E-state index contributed by atoms with van der Waals surface area (Å²) in [5.74, 6) is 0.759. The molecule has 5 rings (SSSR count). The molecule has 2 N–H and O–H groups in total. The average Bonchev–Trinajstić information content (AvgIpc) is 3.36. The second-order valence-corrected chi connectivity index (χ2v) is 7.64. The van der Waals surface area contributed by atoms with Crippen LogP contribution in [0.5, 0.6) is 0 Å². The van der Waals surface area contributed by atoms with Crippen LogP contribution in [0.25, 0.3) is 33.5 Å². The normalized spacial score (nSPS) is 12.0. The lowest BCUT2D eigenvalue weighted by molar-refractivity contribution is 0.393. The number of hydrogen-bond donors (Lipinski definition) is 1. The van der Waals surface area contributed by atoms with Crippen LogP contribution in [0.1, 0.15) is 28.8 Å². The van der Waals surface area contributed by atoms with Crippen LogP contribution in [-0.4, -0.2) is 15.3 Å². The predicted molar refractivity (Wildman–Crippen MR) is 127 cm³/mol. The fourth-order valence-electron chi connectivity index (χ4n) is 4.03. The Morgan fingerprint density at radius 3 is 2.47 bits per heavy atom. The summed E-state index contributed by atoms with van der Waals surface area (Å²) in [6.45, 7) is 3.82. The van der Waals surface area contributed by atoms with Crippen LogP contribution in [0.15, 0.2) is 75.8 Å². The third-order valence-electron chi connectivity index (χ3n) is 5.52. The summed E-state index contributed by atoms with van der Waals surface area (Å²) >= 11 is 0. The number of nitrogens with two attached hydrogens (primary N) is 1. The first-order chi connectivity index (χ1) is 15.1. The Labute approximate surface area is 191 Å². The Kier molecular flexibility index (Phi) is 6.08. The summed E-state index contributed by atoms with van der Waals surface area (Å²) in [6.07, 6.45) is 0.587. The summed E-state index contributed by atoms with van der Waals surface area (Å²) < 4.78 is 10.8. The van der Waals surface area contributed by atoms with Gasteiger partial charge in [0.25, 0.3) is 0 Å². The van der Waals surface area contributed by atoms with E-state index >= 15 is 0 Å². The molecule has 0 aliphatic rings. The summed E-state index contributed by atoms with van der Waals surface area (Å²) in [6, 6.07) is 21.6. The Bertz CT molecular complexity index is 1360. The average molecular weight is 447 g/mol. The maximum Gasteiger partial charge on any atom is 0.167 e. The molecule has 162 valence electrons. The van der Waals surface area contributed by atoms with Crippen molar-refractivity contribution >= 4 is 23.4 Å². The fraction of sp³-hybridized carbons (Fsp3) is 0.160. The lowest BCUT2D eigenvalue weighted by Crippen LogP contribution is -2.15. The number of para-hydroxylation sites is 1. The molecule has 6 nitrogen and oxygen atoms in total. The van der Waals surface area contributed by atoms with Gasteiger partial charge in [-0.3, -0.25) is 4.98 Å². The van der Waals surface area contributed by atoms with E-state index in [9.17, 15) is 0 Å². The molecule has 0 saturated heterocycles.